The molecule has 1 aromatic carbocycles. The van der Waals surface area contributed by atoms with Gasteiger partial charge in [-0.05, 0) is 18.2 Å². The monoisotopic (exact) mass is 279 g/mol. The molecule has 0 saturated carbocycles. The molecule has 8 heteroatoms. The third kappa shape index (κ3) is 4.66. The van der Waals surface area contributed by atoms with E-state index in [1.54, 1.807) is 0 Å². The van der Waals surface area contributed by atoms with Crippen LogP contribution in [0.3, 0.4) is 0 Å². The summed E-state index contributed by atoms with van der Waals surface area (Å²) in [6, 6.07) is 1.88. The van der Waals surface area contributed by atoms with Crippen molar-refractivity contribution in [3.63, 3.8) is 0 Å². The fourth-order valence-corrected chi connectivity index (χ4v) is 1.40. The van der Waals surface area contributed by atoms with Crippen molar-refractivity contribution in [2.24, 2.45) is 5.73 Å². The van der Waals surface area contributed by atoms with Crippen molar-refractivity contribution in [1.29, 1.82) is 0 Å². The normalized spacial score (nSPS) is 12.9. The zero-order chi connectivity index (χ0) is 14.6. The minimum atomic E-state index is -4.85. The molecule has 106 valence electrons. The molecule has 19 heavy (non-hydrogen) atoms. The van der Waals surface area contributed by atoms with Crippen LogP contribution in [0.25, 0.3) is 0 Å². The molecule has 3 N–H and O–H groups in total. The number of hydrogen-bond acceptors (Lipinski definition) is 5. The van der Waals surface area contributed by atoms with Gasteiger partial charge in [-0.15, -0.1) is 13.2 Å². The first kappa shape index (κ1) is 15.1. The van der Waals surface area contributed by atoms with Crippen LogP contribution in [-0.2, 0) is 9.53 Å². The Balaban J connectivity index is 2.93. The van der Waals surface area contributed by atoms with E-state index in [-0.39, 0.29) is 17.7 Å². The number of halogens is 3. The number of phenolic OH excluding ortho intramolecular Hbond substituents is 1. The van der Waals surface area contributed by atoms with Crippen LogP contribution in [0.4, 0.5) is 13.2 Å². The van der Waals surface area contributed by atoms with Crippen LogP contribution in [0.2, 0.25) is 0 Å². The van der Waals surface area contributed by atoms with Gasteiger partial charge in [-0.1, -0.05) is 0 Å². The fourth-order valence-electron chi connectivity index (χ4n) is 1.40. The predicted molar refractivity (Wildman–Crippen MR) is 58.4 cm³/mol. The van der Waals surface area contributed by atoms with Gasteiger partial charge in [-0.25, -0.2) is 0 Å². The van der Waals surface area contributed by atoms with Crippen molar-refractivity contribution in [2.75, 3.05) is 7.11 Å². The average molecular weight is 279 g/mol. The number of hydrogen-bond donors (Lipinski definition) is 2. The summed E-state index contributed by atoms with van der Waals surface area (Å²) in [5.74, 6) is -1.50. The Bertz CT molecular complexity index is 462. The number of nitrogens with two attached hydrogens (primary N) is 1. The Morgan fingerprint density at radius 1 is 1.47 bits per heavy atom. The number of esters is 1. The maximum absolute atomic E-state index is 12.0. The van der Waals surface area contributed by atoms with Crippen molar-refractivity contribution in [3.8, 4) is 11.5 Å². The molecule has 1 rings (SSSR count). The van der Waals surface area contributed by atoms with E-state index in [4.69, 9.17) is 5.73 Å². The van der Waals surface area contributed by atoms with E-state index < -0.39 is 24.1 Å². The topological polar surface area (TPSA) is 81.8 Å². The Morgan fingerprint density at radius 2 is 2.11 bits per heavy atom. The molecule has 0 bridgehead atoms. The highest BCUT2D eigenvalue weighted by molar-refractivity contribution is 5.70. The van der Waals surface area contributed by atoms with Gasteiger partial charge in [0.05, 0.1) is 13.5 Å². The summed E-state index contributed by atoms with van der Waals surface area (Å²) < 4.78 is 44.2. The van der Waals surface area contributed by atoms with Crippen LogP contribution in [0.5, 0.6) is 11.5 Å². The van der Waals surface area contributed by atoms with Gasteiger partial charge in [0.15, 0.2) is 0 Å². The fraction of sp³-hybridized carbons (Fsp3) is 0.364. The second-order valence-electron chi connectivity index (χ2n) is 3.66. The lowest BCUT2D eigenvalue weighted by molar-refractivity contribution is -0.274. The summed E-state index contributed by atoms with van der Waals surface area (Å²) in [5, 5.41) is 9.52. The Morgan fingerprint density at radius 3 is 2.63 bits per heavy atom. The van der Waals surface area contributed by atoms with Gasteiger partial charge >= 0.3 is 12.3 Å². The molecule has 0 fully saturated rings. The number of rotatable bonds is 4. The molecular formula is C11H12F3NO4. The molecule has 0 saturated heterocycles. The van der Waals surface area contributed by atoms with Crippen molar-refractivity contribution >= 4 is 5.97 Å². The Hall–Kier alpha value is -1.96. The van der Waals surface area contributed by atoms with Gasteiger partial charge in [0, 0.05) is 11.6 Å². The molecule has 1 aromatic rings. The van der Waals surface area contributed by atoms with E-state index in [1.807, 2.05) is 0 Å². The maximum atomic E-state index is 12.0. The standard InChI is InChI=1S/C11H12F3NO4/c1-18-10(17)5-8(15)7-4-6(2-3-9(7)16)19-11(12,13)14/h2-4,8,16H,5,15H2,1H3/t8-/m0/s1. The zero-order valence-electron chi connectivity index (χ0n) is 9.90. The highest BCUT2D eigenvalue weighted by atomic mass is 19.4. The van der Waals surface area contributed by atoms with E-state index in [2.05, 4.69) is 9.47 Å². The first-order valence-electron chi connectivity index (χ1n) is 5.14. The van der Waals surface area contributed by atoms with Crippen molar-refractivity contribution < 1.29 is 32.5 Å². The number of ether oxygens (including phenoxy) is 2. The number of phenols is 1. The number of methoxy groups -OCH3 is 1. The van der Waals surface area contributed by atoms with E-state index in [9.17, 15) is 23.1 Å². The van der Waals surface area contributed by atoms with Gasteiger partial charge in [0.2, 0.25) is 0 Å². The van der Waals surface area contributed by atoms with Gasteiger partial charge in [-0.3, -0.25) is 4.79 Å². The molecule has 0 aromatic heterocycles. The number of carbonyl (C=O) groups excluding carboxylic acids is 1. The van der Waals surface area contributed by atoms with Gasteiger partial charge in [-0.2, -0.15) is 0 Å². The Labute approximate surface area is 106 Å². The average Bonchev–Trinajstić information content (AvgIpc) is 2.29. The zero-order valence-corrected chi connectivity index (χ0v) is 9.90. The maximum Gasteiger partial charge on any atom is 0.573 e. The molecule has 0 spiro atoms. The highest BCUT2D eigenvalue weighted by Gasteiger charge is 2.31. The number of benzene rings is 1. The minimum Gasteiger partial charge on any atom is -0.508 e. The largest absolute Gasteiger partial charge is 0.573 e. The first-order valence-corrected chi connectivity index (χ1v) is 5.14. The summed E-state index contributed by atoms with van der Waals surface area (Å²) in [7, 11) is 1.15. The predicted octanol–water partition coefficient (Wildman–Crippen LogP) is 1.85. The van der Waals surface area contributed by atoms with Crippen LogP contribution >= 0.6 is 0 Å². The van der Waals surface area contributed by atoms with E-state index >= 15 is 0 Å². The van der Waals surface area contributed by atoms with Crippen LogP contribution in [0.1, 0.15) is 18.0 Å². The molecule has 0 heterocycles. The smallest absolute Gasteiger partial charge is 0.508 e. The molecule has 0 radical (unpaired) electrons. The van der Waals surface area contributed by atoms with Crippen molar-refractivity contribution in [3.05, 3.63) is 23.8 Å². The molecule has 5 nitrogen and oxygen atoms in total. The van der Waals surface area contributed by atoms with E-state index in [1.165, 1.54) is 0 Å². The van der Waals surface area contributed by atoms with Crippen molar-refractivity contribution in [1.82, 2.24) is 0 Å². The lowest BCUT2D eigenvalue weighted by Gasteiger charge is -2.15. The number of alkyl halides is 3. The summed E-state index contributed by atoms with van der Waals surface area (Å²) in [6.45, 7) is 0. The van der Waals surface area contributed by atoms with E-state index in [0.29, 0.717) is 0 Å². The summed E-state index contributed by atoms with van der Waals surface area (Å²) in [4.78, 5) is 11.0. The lowest BCUT2D eigenvalue weighted by atomic mass is 10.0. The SMILES string of the molecule is COC(=O)C[C@H](N)c1cc(OC(F)(F)F)ccc1O. The van der Waals surface area contributed by atoms with Crippen LogP contribution in [0.15, 0.2) is 18.2 Å². The van der Waals surface area contributed by atoms with Gasteiger partial charge in [0.1, 0.15) is 11.5 Å². The van der Waals surface area contributed by atoms with Crippen molar-refractivity contribution in [2.45, 2.75) is 18.8 Å². The van der Waals surface area contributed by atoms with Crippen LogP contribution < -0.4 is 10.5 Å². The first-order chi connectivity index (χ1) is 8.73. The Kier molecular flexibility index (Phi) is 4.60. The van der Waals surface area contributed by atoms with Crippen LogP contribution in [-0.4, -0.2) is 24.5 Å². The molecule has 1 atom stereocenters. The summed E-state index contributed by atoms with van der Waals surface area (Å²) >= 11 is 0. The molecule has 0 unspecified atom stereocenters. The van der Waals surface area contributed by atoms with Gasteiger partial charge in [0.25, 0.3) is 0 Å². The second-order valence-corrected chi connectivity index (χ2v) is 3.66. The molecule has 0 aliphatic carbocycles. The van der Waals surface area contributed by atoms with Crippen LogP contribution in [0, 0.1) is 0 Å². The van der Waals surface area contributed by atoms with Gasteiger partial charge < -0.3 is 20.3 Å². The molecular weight excluding hydrogens is 267 g/mol. The third-order valence-electron chi connectivity index (χ3n) is 2.25. The lowest BCUT2D eigenvalue weighted by Crippen LogP contribution is -2.19. The van der Waals surface area contributed by atoms with E-state index in [0.717, 1.165) is 25.3 Å². The second kappa shape index (κ2) is 5.79. The number of aromatic hydroxyl groups is 1. The number of carbonyl (C=O) groups is 1. The third-order valence-corrected chi connectivity index (χ3v) is 2.25. The summed E-state index contributed by atoms with van der Waals surface area (Å²) in [5.41, 5.74) is 5.57. The molecule has 0 aliphatic rings. The minimum absolute atomic E-state index is 0.0350. The summed E-state index contributed by atoms with van der Waals surface area (Å²) in [6.07, 6.45) is -5.12. The molecule has 0 aliphatic heterocycles. The highest BCUT2D eigenvalue weighted by Crippen LogP contribution is 2.31. The quantitative estimate of drug-likeness (QED) is 0.822. The molecule has 0 amide bonds.